The highest BCUT2D eigenvalue weighted by atomic mass is 16.1. The zero-order chi connectivity index (χ0) is 19.7. The minimum absolute atomic E-state index is 0.0282. The highest BCUT2D eigenvalue weighted by Crippen LogP contribution is 2.30. The second kappa shape index (κ2) is 7.72. The van der Waals surface area contributed by atoms with Crippen molar-refractivity contribution >= 4 is 16.8 Å². The van der Waals surface area contributed by atoms with Gasteiger partial charge in [0.2, 0.25) is 0 Å². The second-order valence-electron chi connectivity index (χ2n) is 7.91. The third-order valence-corrected chi connectivity index (χ3v) is 5.40. The van der Waals surface area contributed by atoms with Gasteiger partial charge in [0.05, 0.1) is 16.8 Å². The summed E-state index contributed by atoms with van der Waals surface area (Å²) < 4.78 is 1.93. The van der Waals surface area contributed by atoms with E-state index in [0.29, 0.717) is 5.92 Å². The average Bonchev–Trinajstić information content (AvgIpc) is 3.30. The summed E-state index contributed by atoms with van der Waals surface area (Å²) in [6.45, 7) is 6.83. The normalized spacial score (nSPS) is 17.5. The lowest BCUT2D eigenvalue weighted by Crippen LogP contribution is -2.30. The van der Waals surface area contributed by atoms with Gasteiger partial charge in [-0.3, -0.25) is 19.4 Å². The molecule has 6 nitrogen and oxygen atoms in total. The monoisotopic (exact) mass is 377 g/mol. The van der Waals surface area contributed by atoms with Crippen LogP contribution in [-0.4, -0.2) is 44.7 Å². The standard InChI is InChI=1S/C22H27N5O/c1-15(2)24-22(28)19-12-21(25-20-7-5-4-6-18(19)20)16-9-11-27(13-16)14-17-8-10-23-26(17)3/h4-8,10,12,15-16H,9,11,13-14H2,1-3H3,(H,24,28)/t16-/m1/s1. The molecular weight excluding hydrogens is 350 g/mol. The molecule has 1 N–H and O–H groups in total. The van der Waals surface area contributed by atoms with E-state index in [-0.39, 0.29) is 11.9 Å². The summed E-state index contributed by atoms with van der Waals surface area (Å²) in [4.78, 5) is 20.1. The van der Waals surface area contributed by atoms with Gasteiger partial charge in [0.25, 0.3) is 5.91 Å². The number of amides is 1. The van der Waals surface area contributed by atoms with E-state index in [4.69, 9.17) is 4.98 Å². The lowest BCUT2D eigenvalue weighted by Gasteiger charge is -2.17. The zero-order valence-corrected chi connectivity index (χ0v) is 16.7. The first-order valence-electron chi connectivity index (χ1n) is 9.91. The van der Waals surface area contributed by atoms with E-state index in [2.05, 4.69) is 21.4 Å². The maximum atomic E-state index is 12.8. The Hall–Kier alpha value is -2.73. The predicted octanol–water partition coefficient (Wildman–Crippen LogP) is 3.10. The van der Waals surface area contributed by atoms with E-state index in [1.165, 1.54) is 5.69 Å². The summed E-state index contributed by atoms with van der Waals surface area (Å²) in [5.74, 6) is 0.308. The van der Waals surface area contributed by atoms with Gasteiger partial charge in [0, 0.05) is 49.4 Å². The van der Waals surface area contributed by atoms with Gasteiger partial charge in [0.1, 0.15) is 0 Å². The number of hydrogen-bond donors (Lipinski definition) is 1. The molecule has 4 rings (SSSR count). The van der Waals surface area contributed by atoms with Crippen molar-refractivity contribution in [1.82, 2.24) is 25.0 Å². The average molecular weight is 377 g/mol. The summed E-state index contributed by atoms with van der Waals surface area (Å²) in [5, 5.41) is 8.20. The molecule has 2 aromatic heterocycles. The van der Waals surface area contributed by atoms with Crippen molar-refractivity contribution in [3.63, 3.8) is 0 Å². The lowest BCUT2D eigenvalue weighted by molar-refractivity contribution is 0.0944. The number of carbonyl (C=O) groups excluding carboxylic acids is 1. The first kappa shape index (κ1) is 18.6. The minimum Gasteiger partial charge on any atom is -0.350 e. The van der Waals surface area contributed by atoms with Gasteiger partial charge in [0.15, 0.2) is 0 Å². The number of nitrogens with one attached hydrogen (secondary N) is 1. The van der Waals surface area contributed by atoms with Crippen LogP contribution >= 0.6 is 0 Å². The molecule has 0 bridgehead atoms. The Labute approximate surface area is 165 Å². The van der Waals surface area contributed by atoms with E-state index in [9.17, 15) is 4.79 Å². The molecular formula is C22H27N5O. The van der Waals surface area contributed by atoms with Crippen molar-refractivity contribution in [2.24, 2.45) is 7.05 Å². The highest BCUT2D eigenvalue weighted by molar-refractivity contribution is 6.06. The molecule has 0 saturated carbocycles. The SMILES string of the molecule is CC(C)NC(=O)c1cc([C@@H]2CCN(Cc3ccnn3C)C2)nc2ccccc12. The van der Waals surface area contributed by atoms with E-state index in [0.717, 1.165) is 48.2 Å². The van der Waals surface area contributed by atoms with Gasteiger partial charge in [-0.2, -0.15) is 5.10 Å². The predicted molar refractivity (Wildman–Crippen MR) is 110 cm³/mol. The van der Waals surface area contributed by atoms with Crippen LogP contribution in [0, 0.1) is 0 Å². The number of rotatable bonds is 5. The molecule has 0 unspecified atom stereocenters. The molecule has 1 amide bonds. The molecule has 0 radical (unpaired) electrons. The number of para-hydroxylation sites is 1. The van der Waals surface area contributed by atoms with Gasteiger partial charge in [-0.1, -0.05) is 18.2 Å². The number of pyridine rings is 1. The Kier molecular flexibility index (Phi) is 5.13. The molecule has 1 aromatic carbocycles. The van der Waals surface area contributed by atoms with Crippen molar-refractivity contribution < 1.29 is 4.79 Å². The first-order valence-corrected chi connectivity index (χ1v) is 9.91. The summed E-state index contributed by atoms with van der Waals surface area (Å²) in [5.41, 5.74) is 3.84. The van der Waals surface area contributed by atoms with Crippen LogP contribution in [0.2, 0.25) is 0 Å². The molecule has 146 valence electrons. The van der Waals surface area contributed by atoms with Crippen LogP contribution in [0.5, 0.6) is 0 Å². The van der Waals surface area contributed by atoms with Crippen molar-refractivity contribution in [3.05, 3.63) is 59.5 Å². The quantitative estimate of drug-likeness (QED) is 0.742. The van der Waals surface area contributed by atoms with Gasteiger partial charge in [-0.15, -0.1) is 0 Å². The lowest BCUT2D eigenvalue weighted by atomic mass is 9.99. The molecule has 6 heteroatoms. The molecule has 1 saturated heterocycles. The molecule has 3 heterocycles. The van der Waals surface area contributed by atoms with E-state index in [1.54, 1.807) is 0 Å². The first-order chi connectivity index (χ1) is 13.5. The van der Waals surface area contributed by atoms with Crippen LogP contribution in [0.4, 0.5) is 0 Å². The molecule has 3 aromatic rings. The number of nitrogens with zero attached hydrogens (tertiary/aromatic N) is 4. The highest BCUT2D eigenvalue weighted by Gasteiger charge is 2.27. The Morgan fingerprint density at radius 3 is 2.86 bits per heavy atom. The van der Waals surface area contributed by atoms with Gasteiger partial charge >= 0.3 is 0 Å². The number of aromatic nitrogens is 3. The fourth-order valence-corrected chi connectivity index (χ4v) is 3.94. The van der Waals surface area contributed by atoms with Crippen molar-refractivity contribution in [2.45, 2.75) is 38.8 Å². The Morgan fingerprint density at radius 1 is 1.29 bits per heavy atom. The number of aryl methyl sites for hydroxylation is 1. The molecule has 28 heavy (non-hydrogen) atoms. The van der Waals surface area contributed by atoms with Crippen molar-refractivity contribution in [1.29, 1.82) is 0 Å². The third kappa shape index (κ3) is 3.78. The Bertz CT molecular complexity index is 994. The maximum Gasteiger partial charge on any atom is 0.252 e. The van der Waals surface area contributed by atoms with Crippen LogP contribution in [0.15, 0.2) is 42.6 Å². The topological polar surface area (TPSA) is 63.1 Å². The van der Waals surface area contributed by atoms with Crippen molar-refractivity contribution in [3.8, 4) is 0 Å². The zero-order valence-electron chi connectivity index (χ0n) is 16.7. The summed E-state index contributed by atoms with van der Waals surface area (Å²) in [7, 11) is 1.98. The van der Waals surface area contributed by atoms with Gasteiger partial charge in [-0.05, 0) is 45.0 Å². The van der Waals surface area contributed by atoms with Gasteiger partial charge in [-0.25, -0.2) is 0 Å². The van der Waals surface area contributed by atoms with E-state index >= 15 is 0 Å². The van der Waals surface area contributed by atoms with Gasteiger partial charge < -0.3 is 5.32 Å². The minimum atomic E-state index is -0.0282. The molecule has 1 aliphatic heterocycles. The maximum absolute atomic E-state index is 12.8. The number of fused-ring (bicyclic) bond motifs is 1. The van der Waals surface area contributed by atoms with Crippen LogP contribution < -0.4 is 5.32 Å². The molecule has 0 aliphatic carbocycles. The van der Waals surface area contributed by atoms with E-state index < -0.39 is 0 Å². The summed E-state index contributed by atoms with van der Waals surface area (Å²) in [6.07, 6.45) is 2.89. The number of carbonyl (C=O) groups is 1. The van der Waals surface area contributed by atoms with Crippen LogP contribution in [0.3, 0.4) is 0 Å². The molecule has 1 atom stereocenters. The number of hydrogen-bond acceptors (Lipinski definition) is 4. The smallest absolute Gasteiger partial charge is 0.252 e. The van der Waals surface area contributed by atoms with E-state index in [1.807, 2.05) is 62.1 Å². The third-order valence-electron chi connectivity index (χ3n) is 5.40. The number of benzene rings is 1. The van der Waals surface area contributed by atoms with Crippen LogP contribution in [-0.2, 0) is 13.6 Å². The van der Waals surface area contributed by atoms with Crippen LogP contribution in [0.1, 0.15) is 47.9 Å². The fraction of sp³-hybridized carbons (Fsp3) is 0.409. The molecule has 1 aliphatic rings. The molecule has 1 fully saturated rings. The Balaban J connectivity index is 1.60. The molecule has 0 spiro atoms. The van der Waals surface area contributed by atoms with Crippen LogP contribution in [0.25, 0.3) is 10.9 Å². The largest absolute Gasteiger partial charge is 0.350 e. The fourth-order valence-electron chi connectivity index (χ4n) is 3.94. The van der Waals surface area contributed by atoms with Crippen molar-refractivity contribution in [2.75, 3.05) is 13.1 Å². The summed E-state index contributed by atoms with van der Waals surface area (Å²) in [6, 6.07) is 12.1. The summed E-state index contributed by atoms with van der Waals surface area (Å²) >= 11 is 0. The number of likely N-dealkylation sites (tertiary alicyclic amines) is 1. The second-order valence-corrected chi connectivity index (χ2v) is 7.91. The Morgan fingerprint density at radius 2 is 2.11 bits per heavy atom.